The van der Waals surface area contributed by atoms with Crippen molar-refractivity contribution in [3.63, 3.8) is 0 Å². The first-order chi connectivity index (χ1) is 15.3. The summed E-state index contributed by atoms with van der Waals surface area (Å²) in [6.07, 6.45) is 1.65. The predicted octanol–water partition coefficient (Wildman–Crippen LogP) is 4.02. The maximum absolute atomic E-state index is 13.1. The standard InChI is InChI=1S/C23H27ClN2O5S/c1-15-7-9-26(10-8-15)32(28,29)18-4-5-20(24)19(14-18)23(27)25-16(2)17-3-6-21-22(13-17)31-12-11-30-21/h3-6,13-16H,7-12H2,1-2H3,(H,25,27)/t16-/m1/s1. The maximum atomic E-state index is 13.1. The SMILES string of the molecule is CC1CCN(S(=O)(=O)c2ccc(Cl)c(C(=O)N[C@H](C)c3ccc4c(c3)OCCO4)c2)CC1. The van der Waals surface area contributed by atoms with E-state index in [0.29, 0.717) is 43.7 Å². The van der Waals surface area contributed by atoms with Gasteiger partial charge in [0.25, 0.3) is 5.91 Å². The molecule has 0 aromatic heterocycles. The molecule has 0 aliphatic carbocycles. The Morgan fingerprint density at radius 2 is 1.78 bits per heavy atom. The Morgan fingerprint density at radius 3 is 2.50 bits per heavy atom. The molecule has 0 bridgehead atoms. The number of benzene rings is 2. The van der Waals surface area contributed by atoms with E-state index >= 15 is 0 Å². The molecule has 0 unspecified atom stereocenters. The van der Waals surface area contributed by atoms with E-state index < -0.39 is 15.9 Å². The fraction of sp³-hybridized carbons (Fsp3) is 0.435. The van der Waals surface area contributed by atoms with Crippen molar-refractivity contribution in [2.75, 3.05) is 26.3 Å². The van der Waals surface area contributed by atoms with Gasteiger partial charge in [-0.25, -0.2) is 8.42 Å². The van der Waals surface area contributed by atoms with E-state index in [1.54, 1.807) is 0 Å². The number of hydrogen-bond acceptors (Lipinski definition) is 5. The highest BCUT2D eigenvalue weighted by atomic mass is 35.5. The number of nitrogens with zero attached hydrogens (tertiary/aromatic N) is 1. The molecule has 7 nitrogen and oxygen atoms in total. The van der Waals surface area contributed by atoms with Crippen LogP contribution in [0.5, 0.6) is 11.5 Å². The summed E-state index contributed by atoms with van der Waals surface area (Å²) in [4.78, 5) is 13.1. The van der Waals surface area contributed by atoms with Crippen LogP contribution in [0.15, 0.2) is 41.3 Å². The van der Waals surface area contributed by atoms with Crippen LogP contribution in [0.25, 0.3) is 0 Å². The third kappa shape index (κ3) is 4.72. The third-order valence-corrected chi connectivity index (χ3v) is 8.20. The summed E-state index contributed by atoms with van der Waals surface area (Å²) in [6.45, 7) is 5.91. The number of carbonyl (C=O) groups is 1. The molecule has 4 rings (SSSR count). The molecule has 9 heteroatoms. The second kappa shape index (κ2) is 9.29. The minimum atomic E-state index is -3.68. The monoisotopic (exact) mass is 478 g/mol. The lowest BCUT2D eigenvalue weighted by molar-refractivity contribution is 0.0939. The van der Waals surface area contributed by atoms with Gasteiger partial charge in [-0.05, 0) is 61.6 Å². The average molecular weight is 479 g/mol. The minimum Gasteiger partial charge on any atom is -0.486 e. The summed E-state index contributed by atoms with van der Waals surface area (Å²) >= 11 is 6.26. The van der Waals surface area contributed by atoms with Crippen molar-refractivity contribution in [2.24, 2.45) is 5.92 Å². The Labute approximate surface area is 193 Å². The zero-order valence-electron chi connectivity index (χ0n) is 18.1. The van der Waals surface area contributed by atoms with E-state index in [1.165, 1.54) is 22.5 Å². The largest absolute Gasteiger partial charge is 0.486 e. The topological polar surface area (TPSA) is 84.9 Å². The fourth-order valence-electron chi connectivity index (χ4n) is 3.90. The van der Waals surface area contributed by atoms with E-state index in [-0.39, 0.29) is 21.5 Å². The molecule has 1 N–H and O–H groups in total. The number of hydrogen-bond donors (Lipinski definition) is 1. The number of carbonyl (C=O) groups excluding carboxylic acids is 1. The molecule has 2 aliphatic heterocycles. The van der Waals surface area contributed by atoms with Gasteiger partial charge < -0.3 is 14.8 Å². The zero-order valence-corrected chi connectivity index (χ0v) is 19.7. The van der Waals surface area contributed by atoms with Crippen molar-refractivity contribution in [1.82, 2.24) is 9.62 Å². The summed E-state index contributed by atoms with van der Waals surface area (Å²) < 4.78 is 38.8. The molecule has 32 heavy (non-hydrogen) atoms. The number of piperidine rings is 1. The molecule has 0 spiro atoms. The Bertz CT molecular complexity index is 1110. The van der Waals surface area contributed by atoms with Crippen LogP contribution in [-0.2, 0) is 10.0 Å². The molecule has 1 fully saturated rings. The van der Waals surface area contributed by atoms with Crippen molar-refractivity contribution in [3.8, 4) is 11.5 Å². The Balaban J connectivity index is 1.52. The van der Waals surface area contributed by atoms with Crippen LogP contribution in [0, 0.1) is 5.92 Å². The van der Waals surface area contributed by atoms with Crippen molar-refractivity contribution in [2.45, 2.75) is 37.6 Å². The number of halogens is 1. The van der Waals surface area contributed by atoms with Gasteiger partial charge in [-0.2, -0.15) is 4.31 Å². The number of fused-ring (bicyclic) bond motifs is 1. The van der Waals surface area contributed by atoms with Crippen molar-refractivity contribution in [1.29, 1.82) is 0 Å². The molecule has 172 valence electrons. The molecule has 0 saturated carbocycles. The predicted molar refractivity (Wildman–Crippen MR) is 122 cm³/mol. The quantitative estimate of drug-likeness (QED) is 0.701. The van der Waals surface area contributed by atoms with Crippen LogP contribution >= 0.6 is 11.6 Å². The van der Waals surface area contributed by atoms with Crippen LogP contribution in [0.3, 0.4) is 0 Å². The van der Waals surface area contributed by atoms with Crippen LogP contribution < -0.4 is 14.8 Å². The van der Waals surface area contributed by atoms with Gasteiger partial charge in [0.05, 0.1) is 21.5 Å². The number of sulfonamides is 1. The number of ether oxygens (including phenoxy) is 2. The number of nitrogens with one attached hydrogen (secondary N) is 1. The lowest BCUT2D eigenvalue weighted by Crippen LogP contribution is -2.38. The zero-order chi connectivity index (χ0) is 22.9. The van der Waals surface area contributed by atoms with E-state index in [1.807, 2.05) is 25.1 Å². The first-order valence-electron chi connectivity index (χ1n) is 10.8. The highest BCUT2D eigenvalue weighted by Crippen LogP contribution is 2.33. The highest BCUT2D eigenvalue weighted by molar-refractivity contribution is 7.89. The molecule has 2 aliphatic rings. The first kappa shape index (κ1) is 22.9. The van der Waals surface area contributed by atoms with Crippen LogP contribution in [0.2, 0.25) is 5.02 Å². The Hall–Kier alpha value is -2.29. The van der Waals surface area contributed by atoms with Gasteiger partial charge in [0.2, 0.25) is 10.0 Å². The highest BCUT2D eigenvalue weighted by Gasteiger charge is 2.29. The van der Waals surface area contributed by atoms with Gasteiger partial charge in [0, 0.05) is 13.1 Å². The van der Waals surface area contributed by atoms with Gasteiger partial charge in [-0.1, -0.05) is 24.6 Å². The van der Waals surface area contributed by atoms with Crippen LogP contribution in [0.4, 0.5) is 0 Å². The van der Waals surface area contributed by atoms with Crippen LogP contribution in [-0.4, -0.2) is 44.9 Å². The molecule has 0 radical (unpaired) electrons. The summed E-state index contributed by atoms with van der Waals surface area (Å²) in [7, 11) is -3.68. The second-order valence-corrected chi connectivity index (χ2v) is 10.7. The number of rotatable bonds is 5. The molecular formula is C23H27ClN2O5S. The lowest BCUT2D eigenvalue weighted by atomic mass is 10.0. The average Bonchev–Trinajstić information content (AvgIpc) is 2.79. The molecule has 1 amide bonds. The molecule has 2 aromatic carbocycles. The minimum absolute atomic E-state index is 0.0774. The first-order valence-corrected chi connectivity index (χ1v) is 12.6. The Morgan fingerprint density at radius 1 is 1.09 bits per heavy atom. The molecule has 2 heterocycles. The van der Waals surface area contributed by atoms with Crippen LogP contribution in [0.1, 0.15) is 48.7 Å². The van der Waals surface area contributed by atoms with Crippen molar-refractivity contribution in [3.05, 3.63) is 52.5 Å². The smallest absolute Gasteiger partial charge is 0.253 e. The summed E-state index contributed by atoms with van der Waals surface area (Å²) in [5.74, 6) is 1.38. The van der Waals surface area contributed by atoms with Gasteiger partial charge in [-0.3, -0.25) is 4.79 Å². The molecule has 2 aromatic rings. The van der Waals surface area contributed by atoms with E-state index in [4.69, 9.17) is 21.1 Å². The van der Waals surface area contributed by atoms with Gasteiger partial charge in [0.1, 0.15) is 13.2 Å². The maximum Gasteiger partial charge on any atom is 0.253 e. The molecule has 1 atom stereocenters. The molecular weight excluding hydrogens is 452 g/mol. The summed E-state index contributed by atoms with van der Waals surface area (Å²) in [5, 5.41) is 3.09. The summed E-state index contributed by atoms with van der Waals surface area (Å²) in [6, 6.07) is 9.44. The van der Waals surface area contributed by atoms with E-state index in [0.717, 1.165) is 18.4 Å². The van der Waals surface area contributed by atoms with Crippen molar-refractivity contribution >= 4 is 27.5 Å². The van der Waals surface area contributed by atoms with Gasteiger partial charge >= 0.3 is 0 Å². The lowest BCUT2D eigenvalue weighted by Gasteiger charge is -2.29. The normalized spacial score (nSPS) is 18.2. The molecule has 1 saturated heterocycles. The fourth-order valence-corrected chi connectivity index (χ4v) is 5.60. The third-order valence-electron chi connectivity index (χ3n) is 5.98. The summed E-state index contributed by atoms with van der Waals surface area (Å²) in [5.41, 5.74) is 0.965. The van der Waals surface area contributed by atoms with Gasteiger partial charge in [0.15, 0.2) is 11.5 Å². The number of amides is 1. The Kier molecular flexibility index (Phi) is 6.65. The van der Waals surface area contributed by atoms with Crippen molar-refractivity contribution < 1.29 is 22.7 Å². The van der Waals surface area contributed by atoms with E-state index in [2.05, 4.69) is 12.2 Å². The van der Waals surface area contributed by atoms with Gasteiger partial charge in [-0.15, -0.1) is 0 Å². The van der Waals surface area contributed by atoms with E-state index in [9.17, 15) is 13.2 Å². The second-order valence-electron chi connectivity index (χ2n) is 8.33.